The minimum atomic E-state index is -0.807. The van der Waals surface area contributed by atoms with Crippen molar-refractivity contribution >= 4 is 30.7 Å². The SMILES string of the molecule is CC(=O)NCC(=O)C[C@@H](CCCN=C(N)N[N+](=O)[O-])C(=O)N[C@@H](CC(C)C)B1O[C@@H]2C[C@@H]3C[C@@H](C3(C)C)[C@]2(C)O1. The molecule has 4 aliphatic rings. The average Bonchev–Trinajstić information content (AvgIpc) is 3.20. The number of guanidine groups is 1. The highest BCUT2D eigenvalue weighted by Crippen LogP contribution is 2.65. The quantitative estimate of drug-likeness (QED) is 0.0603. The van der Waals surface area contributed by atoms with Crippen LogP contribution in [0.4, 0.5) is 0 Å². The van der Waals surface area contributed by atoms with Crippen molar-refractivity contribution in [3.63, 3.8) is 0 Å². The molecule has 2 bridgehead atoms. The molecule has 40 heavy (non-hydrogen) atoms. The zero-order chi connectivity index (χ0) is 29.8. The number of hydrogen-bond acceptors (Lipinski definition) is 8. The van der Waals surface area contributed by atoms with Crippen LogP contribution in [0.3, 0.4) is 0 Å². The Kier molecular flexibility index (Phi) is 10.2. The second-order valence-electron chi connectivity index (χ2n) is 12.7. The van der Waals surface area contributed by atoms with Gasteiger partial charge in [-0.3, -0.25) is 14.4 Å². The van der Waals surface area contributed by atoms with Crippen molar-refractivity contribution < 1.29 is 28.7 Å². The Hall–Kier alpha value is -2.74. The van der Waals surface area contributed by atoms with Gasteiger partial charge in [0, 0.05) is 25.8 Å². The van der Waals surface area contributed by atoms with E-state index in [0.717, 1.165) is 12.8 Å². The summed E-state index contributed by atoms with van der Waals surface area (Å²) in [4.78, 5) is 51.8. The van der Waals surface area contributed by atoms with Crippen LogP contribution in [-0.4, -0.2) is 66.4 Å². The van der Waals surface area contributed by atoms with Crippen molar-refractivity contribution in [3.8, 4) is 0 Å². The molecule has 4 fully saturated rings. The van der Waals surface area contributed by atoms with Gasteiger partial charge >= 0.3 is 7.12 Å². The fourth-order valence-corrected chi connectivity index (χ4v) is 6.68. The summed E-state index contributed by atoms with van der Waals surface area (Å²) < 4.78 is 13.1. The van der Waals surface area contributed by atoms with E-state index < -0.39 is 29.6 Å². The van der Waals surface area contributed by atoms with Gasteiger partial charge in [-0.05, 0) is 62.2 Å². The maximum Gasteiger partial charge on any atom is 0.481 e. The highest BCUT2D eigenvalue weighted by Gasteiger charge is 2.68. The molecule has 0 unspecified atom stereocenters. The Morgan fingerprint density at radius 2 is 1.93 bits per heavy atom. The molecule has 3 aliphatic carbocycles. The van der Waals surface area contributed by atoms with Gasteiger partial charge in [-0.1, -0.05) is 33.1 Å². The summed E-state index contributed by atoms with van der Waals surface area (Å²) in [6, 6.07) is 0. The first kappa shape index (κ1) is 31.8. The Bertz CT molecular complexity index is 1010. The van der Waals surface area contributed by atoms with Gasteiger partial charge < -0.3 is 25.7 Å². The molecule has 14 heteroatoms. The van der Waals surface area contributed by atoms with E-state index in [1.807, 2.05) is 0 Å². The Balaban J connectivity index is 1.69. The molecular formula is C26H45BN6O7. The Labute approximate surface area is 236 Å². The molecule has 6 atom stereocenters. The number of carbonyl (C=O) groups is 3. The molecule has 1 aliphatic heterocycles. The van der Waals surface area contributed by atoms with Crippen LogP contribution in [0.15, 0.2) is 4.99 Å². The van der Waals surface area contributed by atoms with Gasteiger partial charge in [0.25, 0.3) is 5.96 Å². The lowest BCUT2D eigenvalue weighted by molar-refractivity contribution is -0.525. The normalized spacial score (nSPS) is 28.2. The van der Waals surface area contributed by atoms with Crippen LogP contribution in [0.2, 0.25) is 0 Å². The molecule has 0 aromatic heterocycles. The summed E-state index contributed by atoms with van der Waals surface area (Å²) >= 11 is 0. The maximum absolute atomic E-state index is 13.6. The standard InChI is InChI=1S/C26H45BN6O7/c1-15(2)10-22(27-39-21-13-18-12-20(25(18,4)5)26(21,6)40-27)31-23(36)17(11-19(35)14-30-16(3)34)8-7-9-29-24(28)32-33(37)38/h15,17-18,20-22H,7-14H2,1-6H3,(H,30,34)(H,31,36)(H3,28,29,32)/t17-,18+,20+,21-,22+,26+/m1/s1. The number of nitro groups is 1. The van der Waals surface area contributed by atoms with Crippen molar-refractivity contribution in [2.24, 2.45) is 39.8 Å². The highest BCUT2D eigenvalue weighted by molar-refractivity contribution is 6.47. The lowest BCUT2D eigenvalue weighted by atomic mass is 9.43. The van der Waals surface area contributed by atoms with E-state index in [1.54, 1.807) is 5.43 Å². The number of amides is 2. The van der Waals surface area contributed by atoms with Crippen molar-refractivity contribution in [2.45, 2.75) is 97.7 Å². The third-order valence-electron chi connectivity index (χ3n) is 8.93. The van der Waals surface area contributed by atoms with Crippen LogP contribution in [0.1, 0.15) is 80.1 Å². The number of aliphatic imine (C=N–C) groups is 1. The van der Waals surface area contributed by atoms with Gasteiger partial charge in [0.1, 0.15) is 0 Å². The fraction of sp³-hybridized carbons (Fsp3) is 0.846. The predicted molar refractivity (Wildman–Crippen MR) is 149 cm³/mol. The third-order valence-corrected chi connectivity index (χ3v) is 8.93. The summed E-state index contributed by atoms with van der Waals surface area (Å²) in [6.45, 7) is 12.2. The van der Waals surface area contributed by atoms with E-state index in [-0.39, 0.29) is 60.5 Å². The Morgan fingerprint density at radius 3 is 2.52 bits per heavy atom. The summed E-state index contributed by atoms with van der Waals surface area (Å²) in [5.41, 5.74) is 7.02. The lowest BCUT2D eigenvalue weighted by Crippen LogP contribution is -2.65. The number of rotatable bonds is 14. The zero-order valence-corrected chi connectivity index (χ0v) is 24.5. The molecule has 0 aromatic carbocycles. The number of ketones is 1. The van der Waals surface area contributed by atoms with Crippen molar-refractivity contribution in [1.29, 1.82) is 0 Å². The van der Waals surface area contributed by atoms with Crippen LogP contribution in [0.25, 0.3) is 0 Å². The minimum Gasteiger partial charge on any atom is -0.404 e. The molecule has 1 saturated heterocycles. The number of nitrogens with one attached hydrogen (secondary N) is 3. The number of hydrogen-bond donors (Lipinski definition) is 4. The molecule has 2 amide bonds. The lowest BCUT2D eigenvalue weighted by Gasteiger charge is -2.64. The van der Waals surface area contributed by atoms with Gasteiger partial charge in [-0.2, -0.15) is 0 Å². The second-order valence-corrected chi connectivity index (χ2v) is 12.7. The molecule has 0 radical (unpaired) electrons. The molecule has 1 heterocycles. The number of hydrazine groups is 1. The van der Waals surface area contributed by atoms with Crippen molar-refractivity contribution in [2.75, 3.05) is 13.1 Å². The number of nitrogens with two attached hydrogens (primary N) is 1. The molecule has 5 N–H and O–H groups in total. The molecule has 224 valence electrons. The van der Waals surface area contributed by atoms with Gasteiger partial charge in [0.2, 0.25) is 11.8 Å². The fourth-order valence-electron chi connectivity index (χ4n) is 6.68. The summed E-state index contributed by atoms with van der Waals surface area (Å²) in [6.07, 6.45) is 3.27. The molecule has 0 spiro atoms. The van der Waals surface area contributed by atoms with E-state index in [2.05, 4.69) is 50.2 Å². The first-order valence-electron chi connectivity index (χ1n) is 14.2. The predicted octanol–water partition coefficient (Wildman–Crippen LogP) is 1.37. The van der Waals surface area contributed by atoms with Crippen LogP contribution < -0.4 is 21.8 Å². The highest BCUT2D eigenvalue weighted by atomic mass is 16.7. The summed E-state index contributed by atoms with van der Waals surface area (Å²) in [5, 5.41) is 15.3. The van der Waals surface area contributed by atoms with Gasteiger partial charge in [0.15, 0.2) is 10.8 Å². The first-order valence-corrected chi connectivity index (χ1v) is 14.2. The van der Waals surface area contributed by atoms with E-state index in [0.29, 0.717) is 31.1 Å². The van der Waals surface area contributed by atoms with Crippen molar-refractivity contribution in [1.82, 2.24) is 16.1 Å². The van der Waals surface area contributed by atoms with E-state index >= 15 is 0 Å². The number of carbonyl (C=O) groups excluding carboxylic acids is 3. The average molecular weight is 564 g/mol. The molecule has 4 rings (SSSR count). The van der Waals surface area contributed by atoms with Gasteiger partial charge in [0.05, 0.1) is 24.2 Å². The Morgan fingerprint density at radius 1 is 1.23 bits per heavy atom. The van der Waals surface area contributed by atoms with Crippen molar-refractivity contribution in [3.05, 3.63) is 10.1 Å². The van der Waals surface area contributed by atoms with E-state index in [1.165, 1.54) is 6.92 Å². The van der Waals surface area contributed by atoms with Gasteiger partial charge in [-0.15, -0.1) is 0 Å². The second kappa shape index (κ2) is 12.8. The topological polar surface area (TPSA) is 187 Å². The van der Waals surface area contributed by atoms with E-state index in [9.17, 15) is 24.5 Å². The smallest absolute Gasteiger partial charge is 0.404 e. The minimum absolute atomic E-state index is 0.0213. The van der Waals surface area contributed by atoms with Crippen LogP contribution in [-0.2, 0) is 23.7 Å². The first-order chi connectivity index (χ1) is 18.6. The summed E-state index contributed by atoms with van der Waals surface area (Å²) in [5.74, 6) is -1.10. The monoisotopic (exact) mass is 564 g/mol. The zero-order valence-electron chi connectivity index (χ0n) is 24.5. The number of nitrogens with zero attached hydrogens (tertiary/aromatic N) is 2. The third kappa shape index (κ3) is 7.51. The summed E-state index contributed by atoms with van der Waals surface area (Å²) in [7, 11) is -0.593. The van der Waals surface area contributed by atoms with Gasteiger partial charge in [-0.25, -0.2) is 15.1 Å². The number of Topliss-reactive ketones (excluding diaryl/α,β-unsaturated/α-hetero) is 1. The van der Waals surface area contributed by atoms with Crippen LogP contribution >= 0.6 is 0 Å². The van der Waals surface area contributed by atoms with E-state index in [4.69, 9.17) is 15.0 Å². The molecule has 3 saturated carbocycles. The molecular weight excluding hydrogens is 519 g/mol. The maximum atomic E-state index is 13.6. The van der Waals surface area contributed by atoms with Crippen LogP contribution in [0.5, 0.6) is 0 Å². The molecule has 13 nitrogen and oxygen atoms in total. The van der Waals surface area contributed by atoms with Crippen LogP contribution in [0, 0.1) is 39.2 Å². The largest absolute Gasteiger partial charge is 0.481 e. The molecule has 0 aromatic rings.